The molecule has 8 nitrogen and oxygen atoms in total. The minimum absolute atomic E-state index is 0.0513. The summed E-state index contributed by atoms with van der Waals surface area (Å²) >= 11 is 0. The molecule has 2 aromatic carbocycles. The van der Waals surface area contributed by atoms with E-state index in [0.717, 1.165) is 17.4 Å². The van der Waals surface area contributed by atoms with Gasteiger partial charge in [0.25, 0.3) is 0 Å². The third-order valence-corrected chi connectivity index (χ3v) is 6.80. The Bertz CT molecular complexity index is 1130. The number of carbonyl (C=O) groups excluding carboxylic acids is 2. The summed E-state index contributed by atoms with van der Waals surface area (Å²) in [6.07, 6.45) is 1.52. The average Bonchev–Trinajstić information content (AvgIpc) is 2.79. The molecule has 0 aliphatic rings. The largest absolute Gasteiger partial charge is 0.492 e. The van der Waals surface area contributed by atoms with Gasteiger partial charge < -0.3 is 15.0 Å². The molecule has 0 aliphatic carbocycles. The Labute approximate surface area is 215 Å². The van der Waals surface area contributed by atoms with Gasteiger partial charge in [0, 0.05) is 25.6 Å². The first-order valence-corrected chi connectivity index (χ1v) is 14.1. The average molecular weight is 518 g/mol. The lowest BCUT2D eigenvalue weighted by Crippen LogP contribution is -2.49. The zero-order valence-corrected chi connectivity index (χ0v) is 23.0. The van der Waals surface area contributed by atoms with E-state index in [9.17, 15) is 18.0 Å². The molecule has 1 atom stereocenters. The summed E-state index contributed by atoms with van der Waals surface area (Å²) in [5.74, 6) is 0.0284. The number of carbonyl (C=O) groups is 2. The molecule has 36 heavy (non-hydrogen) atoms. The van der Waals surface area contributed by atoms with Crippen molar-refractivity contribution in [2.45, 2.75) is 66.1 Å². The molecule has 2 amide bonds. The van der Waals surface area contributed by atoms with E-state index in [-0.39, 0.29) is 43.8 Å². The maximum atomic E-state index is 13.4. The summed E-state index contributed by atoms with van der Waals surface area (Å²) in [7, 11) is -3.61. The first-order chi connectivity index (χ1) is 16.9. The molecule has 9 heteroatoms. The van der Waals surface area contributed by atoms with Gasteiger partial charge in [-0.1, -0.05) is 42.0 Å². The molecule has 198 valence electrons. The number of amides is 2. The van der Waals surface area contributed by atoms with Crippen LogP contribution in [0.15, 0.2) is 48.5 Å². The lowest BCUT2D eigenvalue weighted by Gasteiger charge is -2.30. The fourth-order valence-corrected chi connectivity index (χ4v) is 4.89. The molecule has 0 radical (unpaired) electrons. The van der Waals surface area contributed by atoms with Crippen LogP contribution in [-0.4, -0.2) is 56.6 Å². The second-order valence-corrected chi connectivity index (χ2v) is 11.1. The molecule has 0 bridgehead atoms. The number of para-hydroxylation sites is 2. The Morgan fingerprint density at radius 1 is 1.06 bits per heavy atom. The van der Waals surface area contributed by atoms with Crippen molar-refractivity contribution in [2.75, 3.05) is 23.7 Å². The van der Waals surface area contributed by atoms with Crippen LogP contribution < -0.4 is 14.4 Å². The van der Waals surface area contributed by atoms with E-state index >= 15 is 0 Å². The second-order valence-electron chi connectivity index (χ2n) is 9.19. The molecule has 2 rings (SSSR count). The van der Waals surface area contributed by atoms with Crippen molar-refractivity contribution >= 4 is 27.5 Å². The van der Waals surface area contributed by atoms with E-state index in [4.69, 9.17) is 4.74 Å². The van der Waals surface area contributed by atoms with Crippen LogP contribution >= 0.6 is 0 Å². The molecule has 0 saturated heterocycles. The van der Waals surface area contributed by atoms with Gasteiger partial charge in [-0.05, 0) is 58.7 Å². The Morgan fingerprint density at radius 2 is 1.75 bits per heavy atom. The maximum Gasteiger partial charge on any atom is 0.242 e. The fraction of sp³-hybridized carbons (Fsp3) is 0.481. The highest BCUT2D eigenvalue weighted by atomic mass is 32.2. The second kappa shape index (κ2) is 13.3. The Balaban J connectivity index is 2.21. The number of sulfonamides is 1. The molecule has 1 unspecified atom stereocenters. The van der Waals surface area contributed by atoms with E-state index in [1.54, 1.807) is 36.1 Å². The highest BCUT2D eigenvalue weighted by Gasteiger charge is 2.27. The number of rotatable bonds is 13. The van der Waals surface area contributed by atoms with Crippen LogP contribution in [0.2, 0.25) is 0 Å². The monoisotopic (exact) mass is 517 g/mol. The fourth-order valence-electron chi connectivity index (χ4n) is 3.92. The van der Waals surface area contributed by atoms with Crippen molar-refractivity contribution in [1.29, 1.82) is 0 Å². The van der Waals surface area contributed by atoms with Gasteiger partial charge in [0.15, 0.2) is 0 Å². The minimum atomic E-state index is -3.61. The Kier molecular flexibility index (Phi) is 10.8. The number of nitrogens with one attached hydrogen (secondary N) is 1. The lowest BCUT2D eigenvalue weighted by atomic mass is 10.1. The lowest BCUT2D eigenvalue weighted by molar-refractivity contribution is -0.140. The number of anilines is 1. The van der Waals surface area contributed by atoms with Crippen molar-refractivity contribution < 1.29 is 22.7 Å². The number of aryl methyl sites for hydroxylation is 1. The third kappa shape index (κ3) is 8.55. The molecule has 1 N–H and O–H groups in total. The normalized spacial score (nSPS) is 12.2. The quantitative estimate of drug-likeness (QED) is 0.435. The van der Waals surface area contributed by atoms with Gasteiger partial charge in [0.1, 0.15) is 11.8 Å². The van der Waals surface area contributed by atoms with Crippen LogP contribution in [0, 0.1) is 6.92 Å². The van der Waals surface area contributed by atoms with Crippen LogP contribution in [0.25, 0.3) is 0 Å². The summed E-state index contributed by atoms with van der Waals surface area (Å²) in [5, 5.41) is 2.87. The molecule has 0 heterocycles. The highest BCUT2D eigenvalue weighted by Crippen LogP contribution is 2.30. The van der Waals surface area contributed by atoms with Crippen molar-refractivity contribution in [3.05, 3.63) is 59.7 Å². The molecule has 0 aliphatic heterocycles. The van der Waals surface area contributed by atoms with E-state index in [1.807, 2.05) is 52.0 Å². The van der Waals surface area contributed by atoms with Crippen molar-refractivity contribution in [3.63, 3.8) is 0 Å². The van der Waals surface area contributed by atoms with Crippen molar-refractivity contribution in [1.82, 2.24) is 10.2 Å². The van der Waals surface area contributed by atoms with Gasteiger partial charge >= 0.3 is 0 Å². The molecular formula is C27H39N3O5S. The molecule has 0 fully saturated rings. The van der Waals surface area contributed by atoms with E-state index in [1.165, 1.54) is 4.31 Å². The topological polar surface area (TPSA) is 96.0 Å². The highest BCUT2D eigenvalue weighted by molar-refractivity contribution is 7.92. The summed E-state index contributed by atoms with van der Waals surface area (Å²) in [6.45, 7) is 10.1. The summed E-state index contributed by atoms with van der Waals surface area (Å²) < 4.78 is 32.1. The van der Waals surface area contributed by atoms with Gasteiger partial charge in [-0.2, -0.15) is 0 Å². The van der Waals surface area contributed by atoms with E-state index < -0.39 is 16.1 Å². The van der Waals surface area contributed by atoms with E-state index in [2.05, 4.69) is 5.32 Å². The van der Waals surface area contributed by atoms with Gasteiger partial charge in [-0.3, -0.25) is 13.9 Å². The first kappa shape index (κ1) is 29.2. The molecule has 0 spiro atoms. The predicted molar refractivity (Wildman–Crippen MR) is 144 cm³/mol. The van der Waals surface area contributed by atoms with Gasteiger partial charge in [0.2, 0.25) is 21.8 Å². The zero-order valence-electron chi connectivity index (χ0n) is 22.2. The SMILES string of the molecule is CCOc1ccccc1N(CCCC(=O)N(Cc1cccc(C)c1)C(C)C(=O)NC(C)C)S(C)(=O)=O. The summed E-state index contributed by atoms with van der Waals surface area (Å²) in [5.41, 5.74) is 2.43. The summed E-state index contributed by atoms with van der Waals surface area (Å²) in [6, 6.07) is 14.0. The first-order valence-electron chi connectivity index (χ1n) is 12.3. The predicted octanol–water partition coefficient (Wildman–Crippen LogP) is 3.88. The smallest absolute Gasteiger partial charge is 0.242 e. The van der Waals surface area contributed by atoms with Crippen molar-refractivity contribution in [3.8, 4) is 5.75 Å². The Hall–Kier alpha value is -3.07. The number of hydrogen-bond acceptors (Lipinski definition) is 5. The standard InChI is InChI=1S/C27H39N3O5S/c1-7-35-25-15-9-8-14-24(25)30(36(6,33)34)17-11-16-26(31)29(22(5)27(32)28-20(2)3)19-23-13-10-12-21(4)18-23/h8-10,12-15,18,20,22H,7,11,16-17,19H2,1-6H3,(H,28,32). The molecular weight excluding hydrogens is 478 g/mol. The van der Waals surface area contributed by atoms with Crippen LogP contribution in [-0.2, 0) is 26.2 Å². The van der Waals surface area contributed by atoms with Crippen LogP contribution in [0.1, 0.15) is 51.7 Å². The van der Waals surface area contributed by atoms with E-state index in [0.29, 0.717) is 18.0 Å². The molecule has 0 aromatic heterocycles. The van der Waals surface area contributed by atoms with Gasteiger partial charge in [0.05, 0.1) is 18.6 Å². The van der Waals surface area contributed by atoms with Gasteiger partial charge in [-0.25, -0.2) is 8.42 Å². The van der Waals surface area contributed by atoms with Gasteiger partial charge in [-0.15, -0.1) is 0 Å². The van der Waals surface area contributed by atoms with Crippen LogP contribution in [0.5, 0.6) is 5.75 Å². The Morgan fingerprint density at radius 3 is 2.36 bits per heavy atom. The third-order valence-electron chi connectivity index (χ3n) is 5.62. The van der Waals surface area contributed by atoms with Crippen LogP contribution in [0.4, 0.5) is 5.69 Å². The minimum Gasteiger partial charge on any atom is -0.492 e. The number of nitrogens with zero attached hydrogens (tertiary/aromatic N) is 2. The molecule has 0 saturated carbocycles. The number of ether oxygens (including phenoxy) is 1. The number of benzene rings is 2. The zero-order chi connectivity index (χ0) is 26.9. The maximum absolute atomic E-state index is 13.4. The summed E-state index contributed by atoms with van der Waals surface area (Å²) in [4.78, 5) is 27.7. The van der Waals surface area contributed by atoms with Crippen LogP contribution in [0.3, 0.4) is 0 Å². The van der Waals surface area contributed by atoms with Crippen molar-refractivity contribution in [2.24, 2.45) is 0 Å². The number of hydrogen-bond donors (Lipinski definition) is 1. The molecule has 2 aromatic rings.